The van der Waals surface area contributed by atoms with Crippen molar-refractivity contribution in [2.24, 2.45) is 7.05 Å². The smallest absolute Gasteiger partial charge is 0.355 e. The van der Waals surface area contributed by atoms with Crippen LogP contribution in [-0.2, 0) is 13.2 Å². The molecule has 0 fully saturated rings. The first-order valence-corrected chi connectivity index (χ1v) is 10.4. The summed E-state index contributed by atoms with van der Waals surface area (Å²) in [6.45, 7) is 1.85. The van der Waals surface area contributed by atoms with Gasteiger partial charge in [-0.15, -0.1) is 0 Å². The van der Waals surface area contributed by atoms with Crippen LogP contribution in [0.15, 0.2) is 65.7 Å². The number of rotatable bonds is 4. The third-order valence-corrected chi connectivity index (χ3v) is 5.65. The number of carbonyl (C=O) groups is 1. The lowest BCUT2D eigenvalue weighted by Gasteiger charge is -2.14. The maximum atomic E-state index is 13.1. The number of benzene rings is 3. The van der Waals surface area contributed by atoms with Gasteiger partial charge >= 0.3 is 6.18 Å². The van der Waals surface area contributed by atoms with Gasteiger partial charge in [-0.05, 0) is 55.0 Å². The second-order valence-electron chi connectivity index (χ2n) is 7.67. The molecule has 0 aliphatic rings. The predicted octanol–water partition coefficient (Wildman–Crippen LogP) is 5.91. The molecule has 0 aliphatic carbocycles. The minimum atomic E-state index is -4.68. The fourth-order valence-corrected chi connectivity index (χ4v) is 3.72. The van der Waals surface area contributed by atoms with Crippen molar-refractivity contribution < 1.29 is 18.0 Å². The third-order valence-electron chi connectivity index (χ3n) is 5.24. The molecule has 0 aliphatic heterocycles. The molecule has 4 rings (SSSR count). The van der Waals surface area contributed by atoms with Crippen molar-refractivity contribution in [3.05, 3.63) is 93.0 Å². The number of anilines is 3. The van der Waals surface area contributed by atoms with E-state index in [1.807, 2.05) is 6.92 Å². The number of fused-ring (bicyclic) bond motifs is 1. The molecule has 0 bridgehead atoms. The fourth-order valence-electron chi connectivity index (χ4n) is 3.40. The van der Waals surface area contributed by atoms with Crippen LogP contribution in [0.1, 0.15) is 21.5 Å². The first-order chi connectivity index (χ1) is 16.0. The van der Waals surface area contributed by atoms with Gasteiger partial charge in [0.05, 0.1) is 33.4 Å². The van der Waals surface area contributed by atoms with Crippen molar-refractivity contribution in [1.82, 2.24) is 9.55 Å². The van der Waals surface area contributed by atoms with E-state index in [0.29, 0.717) is 28.0 Å². The summed E-state index contributed by atoms with van der Waals surface area (Å²) in [6.07, 6.45) is -3.23. The molecule has 0 saturated heterocycles. The topological polar surface area (TPSA) is 76.0 Å². The summed E-state index contributed by atoms with van der Waals surface area (Å²) in [5.41, 5.74) is 1.46. The van der Waals surface area contributed by atoms with Gasteiger partial charge in [0, 0.05) is 24.1 Å². The Morgan fingerprint density at radius 1 is 1.06 bits per heavy atom. The minimum absolute atomic E-state index is 0.190. The Hall–Kier alpha value is -3.85. The summed E-state index contributed by atoms with van der Waals surface area (Å²) in [7, 11) is 1.61. The molecular weight excluding hydrogens is 469 g/mol. The molecule has 3 aromatic carbocycles. The average molecular weight is 487 g/mol. The van der Waals surface area contributed by atoms with E-state index in [1.165, 1.54) is 17.0 Å². The molecule has 1 aromatic heterocycles. The molecule has 0 unspecified atom stereocenters. The Balaban J connectivity index is 1.61. The zero-order chi connectivity index (χ0) is 24.6. The first kappa shape index (κ1) is 23.3. The maximum Gasteiger partial charge on any atom is 0.417 e. The first-order valence-electron chi connectivity index (χ1n) is 10.0. The summed E-state index contributed by atoms with van der Waals surface area (Å²) in [5, 5.41) is 5.56. The van der Waals surface area contributed by atoms with Crippen LogP contribution in [0.5, 0.6) is 0 Å². The van der Waals surface area contributed by atoms with Crippen LogP contribution >= 0.6 is 11.6 Å². The van der Waals surface area contributed by atoms with Crippen LogP contribution in [0.2, 0.25) is 5.02 Å². The van der Waals surface area contributed by atoms with E-state index in [4.69, 9.17) is 11.6 Å². The van der Waals surface area contributed by atoms with Gasteiger partial charge in [0.25, 0.3) is 11.5 Å². The molecule has 1 heterocycles. The highest BCUT2D eigenvalue weighted by atomic mass is 35.5. The Bertz CT molecular complexity index is 1480. The molecular formula is C24H18ClF3N4O2. The number of nitrogens with one attached hydrogen (secondary N) is 2. The van der Waals surface area contributed by atoms with Crippen LogP contribution < -0.4 is 16.2 Å². The van der Waals surface area contributed by atoms with Gasteiger partial charge < -0.3 is 15.2 Å². The highest BCUT2D eigenvalue weighted by Crippen LogP contribution is 2.36. The standard InChI is InChI=1S/C24H18ClF3N4O2/c1-13-6-7-15(31-22(33)16-4-3-5-18(21(16)25)24(26,27)28)11-20(13)30-14-8-9-19-17(10-14)23(34)32(2)12-29-19/h3-12,30H,1-2H3,(H,31,33). The second kappa shape index (κ2) is 8.83. The Labute approximate surface area is 197 Å². The quantitative estimate of drug-likeness (QED) is 0.376. The van der Waals surface area contributed by atoms with Gasteiger partial charge in [0.1, 0.15) is 0 Å². The summed E-state index contributed by atoms with van der Waals surface area (Å²) in [5.74, 6) is -0.772. The lowest BCUT2D eigenvalue weighted by molar-refractivity contribution is -0.137. The fraction of sp³-hybridized carbons (Fsp3) is 0.125. The van der Waals surface area contributed by atoms with Crippen molar-refractivity contribution in [3.63, 3.8) is 0 Å². The van der Waals surface area contributed by atoms with E-state index in [1.54, 1.807) is 43.4 Å². The normalized spacial score (nSPS) is 11.5. The van der Waals surface area contributed by atoms with Gasteiger partial charge in [-0.3, -0.25) is 9.59 Å². The van der Waals surface area contributed by atoms with Crippen LogP contribution in [0.4, 0.5) is 30.2 Å². The number of aryl methyl sites for hydroxylation is 2. The van der Waals surface area contributed by atoms with Crippen molar-refractivity contribution in [2.75, 3.05) is 10.6 Å². The molecule has 0 radical (unpaired) electrons. The van der Waals surface area contributed by atoms with Crippen molar-refractivity contribution >= 4 is 45.5 Å². The van der Waals surface area contributed by atoms with Crippen molar-refractivity contribution in [1.29, 1.82) is 0 Å². The molecule has 0 spiro atoms. The predicted molar refractivity (Wildman–Crippen MR) is 126 cm³/mol. The summed E-state index contributed by atoms with van der Waals surface area (Å²) < 4.78 is 40.7. The van der Waals surface area contributed by atoms with Crippen LogP contribution in [0.25, 0.3) is 10.9 Å². The highest BCUT2D eigenvalue weighted by molar-refractivity contribution is 6.35. The van der Waals surface area contributed by atoms with Crippen LogP contribution in [0, 0.1) is 6.92 Å². The molecule has 6 nitrogen and oxygen atoms in total. The average Bonchev–Trinajstić information content (AvgIpc) is 2.78. The molecule has 4 aromatic rings. The zero-order valence-corrected chi connectivity index (χ0v) is 18.8. The van der Waals surface area contributed by atoms with E-state index >= 15 is 0 Å². The maximum absolute atomic E-state index is 13.1. The molecule has 10 heteroatoms. The highest BCUT2D eigenvalue weighted by Gasteiger charge is 2.34. The van der Waals surface area contributed by atoms with Crippen LogP contribution in [0.3, 0.4) is 0 Å². The lowest BCUT2D eigenvalue weighted by Crippen LogP contribution is -2.17. The van der Waals surface area contributed by atoms with Gasteiger partial charge in [0.15, 0.2) is 0 Å². The number of halogens is 4. The number of alkyl halides is 3. The summed E-state index contributed by atoms with van der Waals surface area (Å²) in [4.78, 5) is 29.3. The molecule has 34 heavy (non-hydrogen) atoms. The molecule has 0 saturated carbocycles. The lowest BCUT2D eigenvalue weighted by atomic mass is 10.1. The summed E-state index contributed by atoms with van der Waals surface area (Å²) in [6, 6.07) is 13.3. The van der Waals surface area contributed by atoms with E-state index in [2.05, 4.69) is 15.6 Å². The van der Waals surface area contributed by atoms with E-state index < -0.39 is 22.7 Å². The van der Waals surface area contributed by atoms with Gasteiger partial charge in [-0.25, -0.2) is 4.98 Å². The zero-order valence-electron chi connectivity index (χ0n) is 18.0. The van der Waals surface area contributed by atoms with Gasteiger partial charge in [-0.1, -0.05) is 23.7 Å². The molecule has 174 valence electrons. The van der Waals surface area contributed by atoms with Gasteiger partial charge in [0.2, 0.25) is 0 Å². The van der Waals surface area contributed by atoms with E-state index in [0.717, 1.165) is 17.7 Å². The number of aromatic nitrogens is 2. The largest absolute Gasteiger partial charge is 0.417 e. The second-order valence-corrected chi connectivity index (χ2v) is 8.04. The van der Waals surface area contributed by atoms with Crippen molar-refractivity contribution in [2.45, 2.75) is 13.1 Å². The minimum Gasteiger partial charge on any atom is -0.355 e. The van der Waals surface area contributed by atoms with Crippen LogP contribution in [-0.4, -0.2) is 15.5 Å². The van der Waals surface area contributed by atoms with Gasteiger partial charge in [-0.2, -0.15) is 13.2 Å². The Morgan fingerprint density at radius 2 is 1.79 bits per heavy atom. The molecule has 2 N–H and O–H groups in total. The Morgan fingerprint density at radius 3 is 2.53 bits per heavy atom. The summed E-state index contributed by atoms with van der Waals surface area (Å²) >= 11 is 5.86. The molecule has 0 atom stereocenters. The molecule has 1 amide bonds. The number of amides is 1. The van der Waals surface area contributed by atoms with Crippen molar-refractivity contribution in [3.8, 4) is 0 Å². The monoisotopic (exact) mass is 486 g/mol. The number of nitrogens with zero attached hydrogens (tertiary/aromatic N) is 2. The van der Waals surface area contributed by atoms with E-state index in [9.17, 15) is 22.8 Å². The number of hydrogen-bond donors (Lipinski definition) is 2. The number of hydrogen-bond acceptors (Lipinski definition) is 4. The number of carbonyl (C=O) groups excluding carboxylic acids is 1. The third kappa shape index (κ3) is 4.60. The SMILES string of the molecule is Cc1ccc(NC(=O)c2cccc(C(F)(F)F)c2Cl)cc1Nc1ccc2ncn(C)c(=O)c2c1. The van der Waals surface area contributed by atoms with E-state index in [-0.39, 0.29) is 11.1 Å². The Kier molecular flexibility index (Phi) is 6.05.